The molecule has 0 N–H and O–H groups in total. The topological polar surface area (TPSA) is 25.4 Å². The zero-order valence-corrected chi connectivity index (χ0v) is 12.3. The van der Waals surface area contributed by atoms with Gasteiger partial charge in [-0.1, -0.05) is 29.8 Å². The smallest absolute Gasteiger partial charge is 0.107 e. The number of hydrogen-bond donors (Lipinski definition) is 0. The third-order valence-corrected chi connectivity index (χ3v) is 3.75. The lowest BCUT2D eigenvalue weighted by molar-refractivity contribution is 0.140. The molecule has 0 amide bonds. The van der Waals surface area contributed by atoms with Gasteiger partial charge in [-0.05, 0) is 12.5 Å². The average molecular weight is 276 g/mol. The Hall–Kier alpha value is -1.23. The minimum atomic E-state index is 0.747. The van der Waals surface area contributed by atoms with Gasteiger partial charge in [-0.2, -0.15) is 0 Å². The Kier molecular flexibility index (Phi) is 5.51. The van der Waals surface area contributed by atoms with E-state index in [1.165, 1.54) is 11.1 Å². The Labute approximate surface area is 118 Å². The predicted molar refractivity (Wildman–Crippen MR) is 79.3 cm³/mol. The van der Waals surface area contributed by atoms with Gasteiger partial charge in [0.1, 0.15) is 5.01 Å². The molecule has 0 radical (unpaired) electrons. The molecule has 0 saturated carbocycles. The fraction of sp³-hybridized carbons (Fsp3) is 0.400. The summed E-state index contributed by atoms with van der Waals surface area (Å²) in [5, 5.41) is 3.18. The summed E-state index contributed by atoms with van der Waals surface area (Å²) in [6, 6.07) is 8.70. The lowest BCUT2D eigenvalue weighted by Crippen LogP contribution is -2.26. The first kappa shape index (κ1) is 14.2. The number of methoxy groups -OCH3 is 1. The van der Waals surface area contributed by atoms with E-state index in [1.807, 2.05) is 11.6 Å². The zero-order valence-electron chi connectivity index (χ0n) is 11.5. The van der Waals surface area contributed by atoms with Crippen LogP contribution in [-0.4, -0.2) is 30.1 Å². The van der Waals surface area contributed by atoms with Crippen LogP contribution in [0.5, 0.6) is 0 Å². The van der Waals surface area contributed by atoms with Crippen LogP contribution in [0.3, 0.4) is 0 Å². The fourth-order valence-corrected chi connectivity index (χ4v) is 2.57. The summed E-state index contributed by atoms with van der Waals surface area (Å²) in [5.74, 6) is 0. The SMILES string of the molecule is COCCN(Cc1ccc(C)cc1)Cc1nccs1. The molecule has 4 heteroatoms. The quantitative estimate of drug-likeness (QED) is 0.777. The molecule has 3 nitrogen and oxygen atoms in total. The van der Waals surface area contributed by atoms with Crippen LogP contribution in [-0.2, 0) is 17.8 Å². The Bertz CT molecular complexity index is 467. The number of ether oxygens (including phenoxy) is 1. The lowest BCUT2D eigenvalue weighted by atomic mass is 10.1. The Balaban J connectivity index is 1.98. The van der Waals surface area contributed by atoms with Crippen molar-refractivity contribution in [3.8, 4) is 0 Å². The molecule has 1 heterocycles. The summed E-state index contributed by atoms with van der Waals surface area (Å²) in [4.78, 5) is 6.72. The summed E-state index contributed by atoms with van der Waals surface area (Å²) in [7, 11) is 1.74. The van der Waals surface area contributed by atoms with Crippen LogP contribution in [0.2, 0.25) is 0 Å². The molecule has 0 fully saturated rings. The Morgan fingerprint density at radius 2 is 2.00 bits per heavy atom. The molecule has 1 aromatic carbocycles. The van der Waals surface area contributed by atoms with Crippen molar-refractivity contribution in [1.29, 1.82) is 0 Å². The van der Waals surface area contributed by atoms with Crippen LogP contribution >= 0.6 is 11.3 Å². The summed E-state index contributed by atoms with van der Waals surface area (Å²) in [6.07, 6.45) is 1.86. The standard InChI is InChI=1S/C15H20N2OS/c1-13-3-5-14(6-4-13)11-17(8-9-18-2)12-15-16-7-10-19-15/h3-7,10H,8-9,11-12H2,1-2H3. The number of benzene rings is 1. The minimum Gasteiger partial charge on any atom is -0.383 e. The molecule has 2 aromatic rings. The second kappa shape index (κ2) is 7.38. The second-order valence-corrected chi connectivity index (χ2v) is 5.59. The maximum atomic E-state index is 5.19. The third-order valence-electron chi connectivity index (χ3n) is 2.98. The largest absolute Gasteiger partial charge is 0.383 e. The second-order valence-electron chi connectivity index (χ2n) is 4.61. The van der Waals surface area contributed by atoms with E-state index in [-0.39, 0.29) is 0 Å². The van der Waals surface area contributed by atoms with Crippen LogP contribution in [0.25, 0.3) is 0 Å². The molecular weight excluding hydrogens is 256 g/mol. The highest BCUT2D eigenvalue weighted by Crippen LogP contribution is 2.12. The van der Waals surface area contributed by atoms with Crippen molar-refractivity contribution in [3.63, 3.8) is 0 Å². The van der Waals surface area contributed by atoms with Gasteiger partial charge in [0.15, 0.2) is 0 Å². The maximum absolute atomic E-state index is 5.19. The molecule has 19 heavy (non-hydrogen) atoms. The van der Waals surface area contributed by atoms with Crippen LogP contribution in [0.15, 0.2) is 35.8 Å². The van der Waals surface area contributed by atoms with E-state index >= 15 is 0 Å². The third kappa shape index (κ3) is 4.74. The van der Waals surface area contributed by atoms with Crippen molar-refractivity contribution in [3.05, 3.63) is 52.0 Å². The molecule has 102 valence electrons. The molecule has 0 spiro atoms. The summed E-state index contributed by atoms with van der Waals surface area (Å²) < 4.78 is 5.19. The monoisotopic (exact) mass is 276 g/mol. The van der Waals surface area contributed by atoms with E-state index in [0.29, 0.717) is 0 Å². The molecule has 0 aliphatic heterocycles. The van der Waals surface area contributed by atoms with Crippen LogP contribution in [0.4, 0.5) is 0 Å². The highest BCUT2D eigenvalue weighted by molar-refractivity contribution is 7.09. The van der Waals surface area contributed by atoms with Crippen molar-refractivity contribution in [1.82, 2.24) is 9.88 Å². The van der Waals surface area contributed by atoms with E-state index in [2.05, 4.69) is 41.1 Å². The Morgan fingerprint density at radius 1 is 1.21 bits per heavy atom. The molecule has 0 unspecified atom stereocenters. The van der Waals surface area contributed by atoms with Crippen molar-refractivity contribution in [2.75, 3.05) is 20.3 Å². The molecule has 1 aromatic heterocycles. The molecule has 0 bridgehead atoms. The van der Waals surface area contributed by atoms with Gasteiger partial charge in [0, 0.05) is 31.8 Å². The summed E-state index contributed by atoms with van der Waals surface area (Å²) in [5.41, 5.74) is 2.63. The molecule has 0 aliphatic rings. The van der Waals surface area contributed by atoms with Crippen LogP contribution in [0.1, 0.15) is 16.1 Å². The first-order chi connectivity index (χ1) is 9.28. The van der Waals surface area contributed by atoms with E-state index < -0.39 is 0 Å². The van der Waals surface area contributed by atoms with Gasteiger partial charge < -0.3 is 4.74 Å². The summed E-state index contributed by atoms with van der Waals surface area (Å²) in [6.45, 7) is 5.60. The highest BCUT2D eigenvalue weighted by atomic mass is 32.1. The average Bonchev–Trinajstić information content (AvgIpc) is 2.91. The zero-order chi connectivity index (χ0) is 13.5. The number of aryl methyl sites for hydroxylation is 1. The van der Waals surface area contributed by atoms with Gasteiger partial charge in [-0.25, -0.2) is 4.98 Å². The van der Waals surface area contributed by atoms with Crippen molar-refractivity contribution in [2.24, 2.45) is 0 Å². The number of nitrogens with zero attached hydrogens (tertiary/aromatic N) is 2. The number of rotatable bonds is 7. The predicted octanol–water partition coefficient (Wildman–Crippen LogP) is 3.10. The van der Waals surface area contributed by atoms with Crippen LogP contribution < -0.4 is 0 Å². The maximum Gasteiger partial charge on any atom is 0.107 e. The first-order valence-corrected chi connectivity index (χ1v) is 7.31. The highest BCUT2D eigenvalue weighted by Gasteiger charge is 2.08. The molecule has 0 atom stereocenters. The van der Waals surface area contributed by atoms with E-state index in [0.717, 1.165) is 31.2 Å². The Morgan fingerprint density at radius 3 is 2.63 bits per heavy atom. The normalized spacial score (nSPS) is 11.1. The van der Waals surface area contributed by atoms with Crippen molar-refractivity contribution in [2.45, 2.75) is 20.0 Å². The first-order valence-electron chi connectivity index (χ1n) is 6.43. The minimum absolute atomic E-state index is 0.747. The number of hydrogen-bond acceptors (Lipinski definition) is 4. The van der Waals surface area contributed by atoms with Gasteiger partial charge in [0.2, 0.25) is 0 Å². The van der Waals surface area contributed by atoms with E-state index in [9.17, 15) is 0 Å². The summed E-state index contributed by atoms with van der Waals surface area (Å²) >= 11 is 1.70. The van der Waals surface area contributed by atoms with Crippen LogP contribution in [0, 0.1) is 6.92 Å². The van der Waals surface area contributed by atoms with E-state index in [4.69, 9.17) is 4.74 Å². The van der Waals surface area contributed by atoms with Gasteiger partial charge in [-0.3, -0.25) is 4.90 Å². The molecular formula is C15H20N2OS. The molecule has 0 aliphatic carbocycles. The molecule has 2 rings (SSSR count). The lowest BCUT2D eigenvalue weighted by Gasteiger charge is -2.21. The number of thiazole rings is 1. The van der Waals surface area contributed by atoms with Gasteiger partial charge >= 0.3 is 0 Å². The van der Waals surface area contributed by atoms with Gasteiger partial charge in [0.25, 0.3) is 0 Å². The van der Waals surface area contributed by atoms with Gasteiger partial charge in [0.05, 0.1) is 13.2 Å². The van der Waals surface area contributed by atoms with E-state index in [1.54, 1.807) is 18.4 Å². The van der Waals surface area contributed by atoms with Crippen molar-refractivity contribution < 1.29 is 4.74 Å². The van der Waals surface area contributed by atoms with Gasteiger partial charge in [-0.15, -0.1) is 11.3 Å². The number of aromatic nitrogens is 1. The van der Waals surface area contributed by atoms with Crippen molar-refractivity contribution >= 4 is 11.3 Å². The fourth-order valence-electron chi connectivity index (χ4n) is 1.91. The molecule has 0 saturated heterocycles.